The molecule has 0 radical (unpaired) electrons. The van der Waals surface area contributed by atoms with Crippen molar-refractivity contribution in [1.29, 1.82) is 0 Å². The standard InChI is InChI=1S/C28H25NO/c1-29-27-20-24(19-22-10-6-3-7-11-22)14-17-26(27)28(30)25-15-12-23(13-16-25)18-21-8-4-2-5-9-21/h2-17,20,29H,18-19H2,1H3. The summed E-state index contributed by atoms with van der Waals surface area (Å²) < 4.78 is 0. The number of anilines is 1. The Labute approximate surface area is 178 Å². The van der Waals surface area contributed by atoms with E-state index in [1.54, 1.807) is 0 Å². The summed E-state index contributed by atoms with van der Waals surface area (Å²) in [6.45, 7) is 0. The number of hydrogen-bond acceptors (Lipinski definition) is 2. The third-order valence-electron chi connectivity index (χ3n) is 5.32. The van der Waals surface area contributed by atoms with E-state index >= 15 is 0 Å². The van der Waals surface area contributed by atoms with Crippen LogP contribution in [0.4, 0.5) is 5.69 Å². The topological polar surface area (TPSA) is 29.1 Å². The lowest BCUT2D eigenvalue weighted by Gasteiger charge is -2.12. The van der Waals surface area contributed by atoms with Gasteiger partial charge in [-0.2, -0.15) is 0 Å². The van der Waals surface area contributed by atoms with Gasteiger partial charge in [0.25, 0.3) is 0 Å². The molecule has 0 bridgehead atoms. The Hall–Kier alpha value is -3.65. The fourth-order valence-corrected chi connectivity index (χ4v) is 3.70. The molecule has 0 aliphatic heterocycles. The molecule has 2 heteroatoms. The summed E-state index contributed by atoms with van der Waals surface area (Å²) in [5, 5.41) is 3.20. The Morgan fingerprint density at radius 2 is 1.13 bits per heavy atom. The van der Waals surface area contributed by atoms with Crippen LogP contribution < -0.4 is 5.32 Å². The van der Waals surface area contributed by atoms with Crippen LogP contribution in [-0.2, 0) is 12.8 Å². The zero-order valence-corrected chi connectivity index (χ0v) is 17.1. The smallest absolute Gasteiger partial charge is 0.195 e. The maximum absolute atomic E-state index is 13.1. The fraction of sp³-hybridized carbons (Fsp3) is 0.107. The highest BCUT2D eigenvalue weighted by Crippen LogP contribution is 2.23. The number of carbonyl (C=O) groups excluding carboxylic acids is 1. The summed E-state index contributed by atoms with van der Waals surface area (Å²) in [5.74, 6) is 0.0388. The van der Waals surface area contributed by atoms with E-state index in [1.807, 2.05) is 79.8 Å². The second-order valence-corrected chi connectivity index (χ2v) is 7.48. The van der Waals surface area contributed by atoms with Gasteiger partial charge in [0, 0.05) is 23.9 Å². The second kappa shape index (κ2) is 9.23. The van der Waals surface area contributed by atoms with Crippen LogP contribution in [0.5, 0.6) is 0 Å². The number of hydrogen-bond donors (Lipinski definition) is 1. The van der Waals surface area contributed by atoms with E-state index in [9.17, 15) is 4.79 Å². The quantitative estimate of drug-likeness (QED) is 0.383. The predicted octanol–water partition coefficient (Wildman–Crippen LogP) is 6.14. The molecule has 4 rings (SSSR count). The second-order valence-electron chi connectivity index (χ2n) is 7.48. The molecule has 0 aliphatic carbocycles. The third-order valence-corrected chi connectivity index (χ3v) is 5.32. The van der Waals surface area contributed by atoms with E-state index in [0.717, 1.165) is 18.5 Å². The van der Waals surface area contributed by atoms with E-state index in [0.29, 0.717) is 11.1 Å². The Morgan fingerprint density at radius 3 is 1.70 bits per heavy atom. The van der Waals surface area contributed by atoms with Crippen LogP contribution in [0.2, 0.25) is 0 Å². The zero-order valence-electron chi connectivity index (χ0n) is 17.1. The van der Waals surface area contributed by atoms with Crippen molar-refractivity contribution in [2.45, 2.75) is 12.8 Å². The molecule has 30 heavy (non-hydrogen) atoms. The Bertz CT molecular complexity index is 1120. The van der Waals surface area contributed by atoms with Gasteiger partial charge in [-0.05, 0) is 47.2 Å². The van der Waals surface area contributed by atoms with Crippen molar-refractivity contribution < 1.29 is 4.79 Å². The van der Waals surface area contributed by atoms with Crippen molar-refractivity contribution >= 4 is 11.5 Å². The highest BCUT2D eigenvalue weighted by atomic mass is 16.1. The molecule has 4 aromatic rings. The third kappa shape index (κ3) is 4.66. The van der Waals surface area contributed by atoms with Gasteiger partial charge in [0.1, 0.15) is 0 Å². The van der Waals surface area contributed by atoms with Crippen LogP contribution in [0, 0.1) is 0 Å². The number of ketones is 1. The monoisotopic (exact) mass is 391 g/mol. The summed E-state index contributed by atoms with van der Waals surface area (Å²) in [5.41, 5.74) is 7.17. The molecule has 0 saturated carbocycles. The molecule has 0 heterocycles. The molecule has 0 aromatic heterocycles. The van der Waals surface area contributed by atoms with Crippen LogP contribution in [0.3, 0.4) is 0 Å². The summed E-state index contributed by atoms with van der Waals surface area (Å²) in [6.07, 6.45) is 1.71. The van der Waals surface area contributed by atoms with Gasteiger partial charge in [-0.1, -0.05) is 91.0 Å². The van der Waals surface area contributed by atoms with Gasteiger partial charge in [-0.25, -0.2) is 0 Å². The van der Waals surface area contributed by atoms with Crippen molar-refractivity contribution in [2.24, 2.45) is 0 Å². The Balaban J connectivity index is 1.52. The van der Waals surface area contributed by atoms with Crippen molar-refractivity contribution in [1.82, 2.24) is 0 Å². The lowest BCUT2D eigenvalue weighted by molar-refractivity contribution is 0.103. The molecular formula is C28H25NO. The van der Waals surface area contributed by atoms with E-state index in [2.05, 4.69) is 35.6 Å². The largest absolute Gasteiger partial charge is 0.388 e. The highest BCUT2D eigenvalue weighted by molar-refractivity contribution is 6.12. The summed E-state index contributed by atoms with van der Waals surface area (Å²) in [7, 11) is 1.86. The number of carbonyl (C=O) groups is 1. The molecule has 0 atom stereocenters. The molecular weight excluding hydrogens is 366 g/mol. The Morgan fingerprint density at radius 1 is 0.633 bits per heavy atom. The van der Waals surface area contributed by atoms with Crippen LogP contribution >= 0.6 is 0 Å². The van der Waals surface area contributed by atoms with Crippen LogP contribution in [0.15, 0.2) is 103 Å². The van der Waals surface area contributed by atoms with E-state index < -0.39 is 0 Å². The Kier molecular flexibility index (Phi) is 6.05. The zero-order chi connectivity index (χ0) is 20.8. The van der Waals surface area contributed by atoms with Crippen LogP contribution in [0.1, 0.15) is 38.2 Å². The van der Waals surface area contributed by atoms with Gasteiger partial charge in [-0.3, -0.25) is 4.79 Å². The maximum Gasteiger partial charge on any atom is 0.195 e. The van der Waals surface area contributed by atoms with Crippen molar-refractivity contribution in [2.75, 3.05) is 12.4 Å². The van der Waals surface area contributed by atoms with Gasteiger partial charge in [0.05, 0.1) is 0 Å². The molecule has 0 saturated heterocycles. The molecule has 2 nitrogen and oxygen atoms in total. The molecule has 4 aromatic carbocycles. The van der Waals surface area contributed by atoms with Crippen LogP contribution in [-0.4, -0.2) is 12.8 Å². The molecule has 1 N–H and O–H groups in total. The first-order valence-corrected chi connectivity index (χ1v) is 10.2. The normalized spacial score (nSPS) is 10.6. The molecule has 0 fully saturated rings. The molecule has 0 spiro atoms. The minimum Gasteiger partial charge on any atom is -0.388 e. The number of rotatable bonds is 7. The van der Waals surface area contributed by atoms with Gasteiger partial charge in [0.15, 0.2) is 5.78 Å². The lowest BCUT2D eigenvalue weighted by atomic mass is 9.96. The highest BCUT2D eigenvalue weighted by Gasteiger charge is 2.14. The van der Waals surface area contributed by atoms with E-state index in [4.69, 9.17) is 0 Å². The average molecular weight is 392 g/mol. The van der Waals surface area contributed by atoms with Gasteiger partial charge in [-0.15, -0.1) is 0 Å². The first-order chi connectivity index (χ1) is 14.7. The van der Waals surface area contributed by atoms with Gasteiger partial charge in [0.2, 0.25) is 0 Å². The SMILES string of the molecule is CNc1cc(Cc2ccccc2)ccc1C(=O)c1ccc(Cc2ccccc2)cc1. The minimum absolute atomic E-state index is 0.0388. The summed E-state index contributed by atoms with van der Waals surface area (Å²) in [6, 6.07) is 34.7. The lowest BCUT2D eigenvalue weighted by Crippen LogP contribution is -2.06. The van der Waals surface area contributed by atoms with Gasteiger partial charge < -0.3 is 5.32 Å². The predicted molar refractivity (Wildman–Crippen MR) is 124 cm³/mol. The maximum atomic E-state index is 13.1. The molecule has 148 valence electrons. The fourth-order valence-electron chi connectivity index (χ4n) is 3.70. The average Bonchev–Trinajstić information content (AvgIpc) is 2.80. The van der Waals surface area contributed by atoms with Crippen molar-refractivity contribution in [3.63, 3.8) is 0 Å². The first-order valence-electron chi connectivity index (χ1n) is 10.2. The van der Waals surface area contributed by atoms with E-state index in [1.165, 1.54) is 22.3 Å². The van der Waals surface area contributed by atoms with Crippen molar-refractivity contribution in [3.8, 4) is 0 Å². The van der Waals surface area contributed by atoms with E-state index in [-0.39, 0.29) is 5.78 Å². The number of benzene rings is 4. The number of nitrogens with one attached hydrogen (secondary N) is 1. The minimum atomic E-state index is 0.0388. The van der Waals surface area contributed by atoms with Gasteiger partial charge >= 0.3 is 0 Å². The molecule has 0 aliphatic rings. The summed E-state index contributed by atoms with van der Waals surface area (Å²) in [4.78, 5) is 13.1. The van der Waals surface area contributed by atoms with Crippen molar-refractivity contribution in [3.05, 3.63) is 137 Å². The molecule has 0 unspecified atom stereocenters. The molecule has 0 amide bonds. The van der Waals surface area contributed by atoms with Crippen LogP contribution in [0.25, 0.3) is 0 Å². The summed E-state index contributed by atoms with van der Waals surface area (Å²) >= 11 is 0. The first kappa shape index (κ1) is 19.7.